The van der Waals surface area contributed by atoms with Crippen molar-refractivity contribution in [2.75, 3.05) is 58.9 Å². The highest BCUT2D eigenvalue weighted by molar-refractivity contribution is 5.74. The molecule has 6 N–H and O–H groups in total. The van der Waals surface area contributed by atoms with E-state index < -0.39 is 0 Å². The van der Waals surface area contributed by atoms with Gasteiger partial charge < -0.3 is 31.9 Å². The van der Waals surface area contributed by atoms with E-state index in [0.717, 1.165) is 38.5 Å². The Labute approximate surface area is 455 Å². The topological polar surface area (TPSA) is 127 Å². The summed E-state index contributed by atoms with van der Waals surface area (Å²) in [5.41, 5.74) is 0. The number of urea groups is 3. The molecule has 0 rings (SSSR count). The zero-order valence-corrected chi connectivity index (χ0v) is 49.5. The molecular weight excluding hydrogens is 903 g/mol. The molecule has 0 aliphatic heterocycles. The second kappa shape index (κ2) is 62.3. The van der Waals surface area contributed by atoms with E-state index in [4.69, 9.17) is 0 Å². The van der Waals surface area contributed by atoms with E-state index in [0.29, 0.717) is 58.9 Å². The van der Waals surface area contributed by atoms with E-state index in [2.05, 4.69) is 57.6 Å². The molecule has 0 bridgehead atoms. The van der Waals surface area contributed by atoms with Crippen LogP contribution in [0, 0.1) is 0 Å². The molecule has 10 nitrogen and oxygen atoms in total. The molecule has 0 aromatic rings. The summed E-state index contributed by atoms with van der Waals surface area (Å²) in [6.45, 7) is 12.4. The van der Waals surface area contributed by atoms with Gasteiger partial charge in [-0.2, -0.15) is 0 Å². The van der Waals surface area contributed by atoms with Crippen LogP contribution in [0.1, 0.15) is 329 Å². The second-order valence-corrected chi connectivity index (χ2v) is 22.3. The highest BCUT2D eigenvalue weighted by Crippen LogP contribution is 2.17. The number of hydrogen-bond acceptors (Lipinski definition) is 4. The van der Waals surface area contributed by atoms with Crippen molar-refractivity contribution >= 4 is 18.1 Å². The van der Waals surface area contributed by atoms with Crippen LogP contribution < -0.4 is 31.9 Å². The van der Waals surface area contributed by atoms with Crippen LogP contribution in [-0.4, -0.2) is 81.9 Å². The van der Waals surface area contributed by atoms with Crippen molar-refractivity contribution in [2.45, 2.75) is 329 Å². The molecule has 0 aliphatic carbocycles. The summed E-state index contributed by atoms with van der Waals surface area (Å²) in [5, 5.41) is 18.2. The second-order valence-electron chi connectivity index (χ2n) is 22.3. The zero-order valence-electron chi connectivity index (χ0n) is 49.5. The highest BCUT2D eigenvalue weighted by Gasteiger charge is 2.09. The molecule has 0 atom stereocenters. The van der Waals surface area contributed by atoms with Crippen LogP contribution in [-0.2, 0) is 0 Å². The Morgan fingerprint density at radius 1 is 0.205 bits per heavy atom. The van der Waals surface area contributed by atoms with Gasteiger partial charge in [-0.15, -0.1) is 0 Å². The molecule has 0 aromatic carbocycles. The lowest BCUT2D eigenvalue weighted by atomic mass is 10.0. The number of carbonyl (C=O) groups excluding carboxylic acids is 3. The SMILES string of the molecule is CCCCCCCCCCCCCCCCCCNC(=O)NCCN(CCNC(=O)NCCCCCCCCCCCCCCCCCC)CCNC(=O)NCCCCCCCCCCCCCCCCCC. The van der Waals surface area contributed by atoms with E-state index in [1.54, 1.807) is 0 Å². The van der Waals surface area contributed by atoms with Gasteiger partial charge in [0.25, 0.3) is 0 Å². The summed E-state index contributed by atoms with van der Waals surface area (Å²) in [5.74, 6) is 0. The minimum absolute atomic E-state index is 0.126. The van der Waals surface area contributed by atoms with Gasteiger partial charge in [-0.3, -0.25) is 4.90 Å². The van der Waals surface area contributed by atoms with Crippen LogP contribution in [0.25, 0.3) is 0 Å². The highest BCUT2D eigenvalue weighted by atomic mass is 16.2. The number of amides is 6. The maximum Gasteiger partial charge on any atom is 0.314 e. The van der Waals surface area contributed by atoms with Crippen LogP contribution in [0.5, 0.6) is 0 Å². The summed E-state index contributed by atoms with van der Waals surface area (Å²) in [6.07, 6.45) is 64.3. The largest absolute Gasteiger partial charge is 0.338 e. The van der Waals surface area contributed by atoms with Gasteiger partial charge in [-0.25, -0.2) is 14.4 Å². The van der Waals surface area contributed by atoms with Gasteiger partial charge in [-0.05, 0) is 19.3 Å². The van der Waals surface area contributed by atoms with Crippen LogP contribution in [0.4, 0.5) is 14.4 Å². The Balaban J connectivity index is 4.26. The molecule has 73 heavy (non-hydrogen) atoms. The summed E-state index contributed by atoms with van der Waals surface area (Å²) in [6, 6.07) is -0.378. The standard InChI is InChI=1S/C63H129N7O3/c1-4-7-10-13-16-19-22-25-28-31-34-37-40-43-46-49-52-64-61(71)67-55-58-70(59-56-68-62(72)65-53-50-47-44-41-38-35-32-29-26-23-20-17-14-11-8-5-2)60-57-69-63(73)66-54-51-48-45-42-39-36-33-30-27-24-21-18-15-12-9-6-3/h4-60H2,1-3H3,(H2,64,67,71)(H2,65,68,72)(H2,66,69,73). The van der Waals surface area contributed by atoms with Gasteiger partial charge in [0.1, 0.15) is 0 Å². The lowest BCUT2D eigenvalue weighted by molar-refractivity contribution is 0.228. The van der Waals surface area contributed by atoms with Crippen molar-refractivity contribution in [2.24, 2.45) is 0 Å². The Bertz CT molecular complexity index is 980. The molecule has 0 radical (unpaired) electrons. The molecule has 0 saturated heterocycles. The average Bonchev–Trinajstić information content (AvgIpc) is 3.38. The van der Waals surface area contributed by atoms with Crippen molar-refractivity contribution in [3.05, 3.63) is 0 Å². The molecule has 0 heterocycles. The Morgan fingerprint density at radius 2 is 0.342 bits per heavy atom. The smallest absolute Gasteiger partial charge is 0.314 e. The third-order valence-corrected chi connectivity index (χ3v) is 15.1. The Hall–Kier alpha value is -2.23. The molecule has 434 valence electrons. The first kappa shape index (κ1) is 70.8. The van der Waals surface area contributed by atoms with E-state index in [-0.39, 0.29) is 18.1 Å². The molecule has 0 spiro atoms. The molecule has 0 unspecified atom stereocenters. The molecular formula is C63H129N7O3. The van der Waals surface area contributed by atoms with Gasteiger partial charge in [0.15, 0.2) is 0 Å². The fraction of sp³-hybridized carbons (Fsp3) is 0.952. The first-order valence-corrected chi connectivity index (χ1v) is 32.8. The number of nitrogens with zero attached hydrogens (tertiary/aromatic N) is 1. The number of rotatable bonds is 60. The maximum atomic E-state index is 12.6. The zero-order chi connectivity index (χ0) is 52.9. The molecule has 0 aliphatic rings. The lowest BCUT2D eigenvalue weighted by Gasteiger charge is -2.23. The monoisotopic (exact) mass is 1030 g/mol. The minimum atomic E-state index is -0.126. The quantitative estimate of drug-likeness (QED) is 0.0339. The Kier molecular flexibility index (Phi) is 60.4. The first-order valence-electron chi connectivity index (χ1n) is 32.8. The maximum absolute atomic E-state index is 12.6. The van der Waals surface area contributed by atoms with Gasteiger partial charge in [0, 0.05) is 58.9 Å². The summed E-state index contributed by atoms with van der Waals surface area (Å²) in [7, 11) is 0. The molecule has 0 aromatic heterocycles. The lowest BCUT2D eigenvalue weighted by Crippen LogP contribution is -2.46. The molecule has 6 amide bonds. The van der Waals surface area contributed by atoms with E-state index in [9.17, 15) is 14.4 Å². The fourth-order valence-electron chi connectivity index (χ4n) is 10.1. The summed E-state index contributed by atoms with van der Waals surface area (Å²) >= 11 is 0. The van der Waals surface area contributed by atoms with Gasteiger partial charge in [0.2, 0.25) is 0 Å². The number of carbonyl (C=O) groups is 3. The van der Waals surface area contributed by atoms with Gasteiger partial charge in [-0.1, -0.05) is 310 Å². The van der Waals surface area contributed by atoms with Crippen molar-refractivity contribution in [3.8, 4) is 0 Å². The van der Waals surface area contributed by atoms with E-state index >= 15 is 0 Å². The van der Waals surface area contributed by atoms with Crippen LogP contribution >= 0.6 is 0 Å². The van der Waals surface area contributed by atoms with Crippen molar-refractivity contribution < 1.29 is 14.4 Å². The van der Waals surface area contributed by atoms with Gasteiger partial charge >= 0.3 is 18.1 Å². The number of hydrogen-bond donors (Lipinski definition) is 6. The predicted molar refractivity (Wildman–Crippen MR) is 319 cm³/mol. The molecule has 10 heteroatoms. The Morgan fingerprint density at radius 3 is 0.507 bits per heavy atom. The predicted octanol–water partition coefficient (Wildman–Crippen LogP) is 18.0. The van der Waals surface area contributed by atoms with Gasteiger partial charge in [0.05, 0.1) is 0 Å². The van der Waals surface area contributed by atoms with Crippen molar-refractivity contribution in [1.29, 1.82) is 0 Å². The number of unbranched alkanes of at least 4 members (excludes halogenated alkanes) is 45. The third kappa shape index (κ3) is 60.5. The molecule has 0 saturated carbocycles. The third-order valence-electron chi connectivity index (χ3n) is 15.1. The fourth-order valence-corrected chi connectivity index (χ4v) is 10.1. The van der Waals surface area contributed by atoms with Crippen molar-refractivity contribution in [1.82, 2.24) is 36.8 Å². The van der Waals surface area contributed by atoms with Crippen LogP contribution in [0.2, 0.25) is 0 Å². The van der Waals surface area contributed by atoms with Crippen molar-refractivity contribution in [3.63, 3.8) is 0 Å². The van der Waals surface area contributed by atoms with E-state index in [1.807, 2.05) is 0 Å². The molecule has 0 fully saturated rings. The van der Waals surface area contributed by atoms with Crippen LogP contribution in [0.3, 0.4) is 0 Å². The minimum Gasteiger partial charge on any atom is -0.338 e. The van der Waals surface area contributed by atoms with Crippen LogP contribution in [0.15, 0.2) is 0 Å². The summed E-state index contributed by atoms with van der Waals surface area (Å²) < 4.78 is 0. The average molecular weight is 1030 g/mol. The summed E-state index contributed by atoms with van der Waals surface area (Å²) in [4.78, 5) is 40.0. The van der Waals surface area contributed by atoms with E-state index in [1.165, 1.54) is 270 Å². The number of nitrogens with one attached hydrogen (secondary N) is 6. The first-order chi connectivity index (χ1) is 36.0. The normalized spacial score (nSPS) is 11.3.